The normalized spacial score (nSPS) is 12.8. The van der Waals surface area contributed by atoms with Crippen molar-refractivity contribution < 1.29 is 4.74 Å². The first-order chi connectivity index (χ1) is 9.48. The molecule has 0 aromatic heterocycles. The molecule has 0 saturated heterocycles. The molecule has 0 heterocycles. The van der Waals surface area contributed by atoms with Crippen molar-refractivity contribution in [2.24, 2.45) is 5.41 Å². The number of hydrogen-bond acceptors (Lipinski definition) is 3. The molecular weight excluding hydrogens is 248 g/mol. The Morgan fingerprint density at radius 2 is 1.95 bits per heavy atom. The first-order valence-corrected chi connectivity index (χ1v) is 7.36. The van der Waals surface area contributed by atoms with Crippen molar-refractivity contribution in [2.75, 3.05) is 13.2 Å². The quantitative estimate of drug-likeness (QED) is 0.727. The van der Waals surface area contributed by atoms with Gasteiger partial charge in [-0.1, -0.05) is 19.1 Å². The van der Waals surface area contributed by atoms with Crippen molar-refractivity contribution in [2.45, 2.75) is 46.6 Å². The second-order valence-electron chi connectivity index (χ2n) is 5.80. The molecule has 3 heteroatoms. The highest BCUT2D eigenvalue weighted by molar-refractivity contribution is 5.28. The third kappa shape index (κ3) is 5.63. The van der Waals surface area contributed by atoms with E-state index in [9.17, 15) is 0 Å². The zero-order valence-corrected chi connectivity index (χ0v) is 13.1. The predicted molar refractivity (Wildman–Crippen MR) is 82.7 cm³/mol. The number of nitriles is 1. The predicted octanol–water partition coefficient (Wildman–Crippen LogP) is 4.07. The maximum absolute atomic E-state index is 8.94. The summed E-state index contributed by atoms with van der Waals surface area (Å²) in [6.45, 7) is 9.81. The highest BCUT2D eigenvalue weighted by Gasteiger charge is 2.15. The molecule has 0 saturated carbocycles. The molecule has 0 aliphatic heterocycles. The summed E-state index contributed by atoms with van der Waals surface area (Å²) in [5.41, 5.74) is 1.01. The van der Waals surface area contributed by atoms with Gasteiger partial charge in [-0.15, -0.1) is 0 Å². The van der Waals surface area contributed by atoms with Gasteiger partial charge in [-0.2, -0.15) is 5.26 Å². The molecule has 0 bridgehead atoms. The fraction of sp³-hybridized carbons (Fsp3) is 0.588. The zero-order valence-electron chi connectivity index (χ0n) is 13.1. The molecule has 0 radical (unpaired) electrons. The van der Waals surface area contributed by atoms with Crippen molar-refractivity contribution >= 4 is 0 Å². The summed E-state index contributed by atoms with van der Waals surface area (Å²) in [5.74, 6) is 0.896. The SMILES string of the molecule is CCNC(C)c1ccc(OCCCC(C)(C)C#N)cc1. The Kier molecular flexibility index (Phi) is 6.54. The number of benzene rings is 1. The molecule has 1 aromatic rings. The first-order valence-electron chi connectivity index (χ1n) is 7.36. The van der Waals surface area contributed by atoms with Gasteiger partial charge in [-0.05, 0) is 57.9 Å². The Balaban J connectivity index is 2.37. The minimum Gasteiger partial charge on any atom is -0.494 e. The van der Waals surface area contributed by atoms with Crippen LogP contribution < -0.4 is 10.1 Å². The van der Waals surface area contributed by atoms with Crippen LogP contribution in [0.15, 0.2) is 24.3 Å². The van der Waals surface area contributed by atoms with Gasteiger partial charge in [-0.25, -0.2) is 0 Å². The van der Waals surface area contributed by atoms with Crippen molar-refractivity contribution in [3.05, 3.63) is 29.8 Å². The first kappa shape index (κ1) is 16.5. The van der Waals surface area contributed by atoms with Gasteiger partial charge in [-0.3, -0.25) is 0 Å². The molecule has 20 heavy (non-hydrogen) atoms. The van der Waals surface area contributed by atoms with Crippen LogP contribution >= 0.6 is 0 Å². The highest BCUT2D eigenvalue weighted by Crippen LogP contribution is 2.21. The van der Waals surface area contributed by atoms with Gasteiger partial charge < -0.3 is 10.1 Å². The number of ether oxygens (including phenoxy) is 1. The van der Waals surface area contributed by atoms with E-state index in [4.69, 9.17) is 10.00 Å². The molecule has 0 spiro atoms. The van der Waals surface area contributed by atoms with Gasteiger partial charge in [0.15, 0.2) is 0 Å². The lowest BCUT2D eigenvalue weighted by atomic mass is 9.90. The Bertz CT molecular complexity index is 431. The molecule has 3 nitrogen and oxygen atoms in total. The third-order valence-corrected chi connectivity index (χ3v) is 3.41. The topological polar surface area (TPSA) is 45.0 Å². The van der Waals surface area contributed by atoms with E-state index in [-0.39, 0.29) is 5.41 Å². The van der Waals surface area contributed by atoms with Crippen LogP contribution in [0.25, 0.3) is 0 Å². The molecule has 1 unspecified atom stereocenters. The molecule has 1 aromatic carbocycles. The van der Waals surface area contributed by atoms with Gasteiger partial charge in [0.25, 0.3) is 0 Å². The third-order valence-electron chi connectivity index (χ3n) is 3.41. The summed E-state index contributed by atoms with van der Waals surface area (Å²) in [6.07, 6.45) is 1.76. The Morgan fingerprint density at radius 3 is 2.50 bits per heavy atom. The molecule has 110 valence electrons. The van der Waals surface area contributed by atoms with E-state index in [1.165, 1.54) is 5.56 Å². The van der Waals surface area contributed by atoms with E-state index in [0.29, 0.717) is 12.6 Å². The van der Waals surface area contributed by atoms with Crippen molar-refractivity contribution in [1.29, 1.82) is 5.26 Å². The fourth-order valence-corrected chi connectivity index (χ4v) is 2.04. The van der Waals surface area contributed by atoms with Gasteiger partial charge in [0.1, 0.15) is 5.75 Å². The largest absolute Gasteiger partial charge is 0.494 e. The van der Waals surface area contributed by atoms with Crippen LogP contribution in [-0.2, 0) is 0 Å². The van der Waals surface area contributed by atoms with Crippen LogP contribution in [0.3, 0.4) is 0 Å². The second-order valence-corrected chi connectivity index (χ2v) is 5.80. The van der Waals surface area contributed by atoms with Crippen molar-refractivity contribution in [3.63, 3.8) is 0 Å². The van der Waals surface area contributed by atoms with Crippen LogP contribution in [-0.4, -0.2) is 13.2 Å². The Labute approximate surface area is 123 Å². The lowest BCUT2D eigenvalue weighted by Crippen LogP contribution is -2.17. The number of rotatable bonds is 8. The summed E-state index contributed by atoms with van der Waals surface area (Å²) in [7, 11) is 0. The fourth-order valence-electron chi connectivity index (χ4n) is 2.04. The highest BCUT2D eigenvalue weighted by atomic mass is 16.5. The molecular formula is C17H26N2O. The average Bonchev–Trinajstić information content (AvgIpc) is 2.44. The summed E-state index contributed by atoms with van der Waals surface area (Å²) in [4.78, 5) is 0. The molecule has 1 atom stereocenters. The van der Waals surface area contributed by atoms with Crippen LogP contribution in [0.4, 0.5) is 0 Å². The van der Waals surface area contributed by atoms with Gasteiger partial charge in [0.2, 0.25) is 0 Å². The summed E-state index contributed by atoms with van der Waals surface area (Å²) in [5, 5.41) is 12.3. The van der Waals surface area contributed by atoms with E-state index in [0.717, 1.165) is 25.1 Å². The minimum atomic E-state index is -0.255. The molecule has 0 amide bonds. The van der Waals surface area contributed by atoms with Gasteiger partial charge in [0, 0.05) is 6.04 Å². The maximum Gasteiger partial charge on any atom is 0.119 e. The molecule has 1 rings (SSSR count). The van der Waals surface area contributed by atoms with E-state index in [2.05, 4.69) is 37.4 Å². The monoisotopic (exact) mass is 274 g/mol. The molecule has 0 aliphatic rings. The van der Waals surface area contributed by atoms with Crippen LogP contribution in [0.5, 0.6) is 5.75 Å². The number of nitrogens with one attached hydrogen (secondary N) is 1. The lowest BCUT2D eigenvalue weighted by Gasteiger charge is -2.15. The van der Waals surface area contributed by atoms with E-state index in [1.807, 2.05) is 26.0 Å². The van der Waals surface area contributed by atoms with Crippen LogP contribution in [0.2, 0.25) is 0 Å². The molecule has 1 N–H and O–H groups in total. The lowest BCUT2D eigenvalue weighted by molar-refractivity contribution is 0.284. The summed E-state index contributed by atoms with van der Waals surface area (Å²) < 4.78 is 5.71. The van der Waals surface area contributed by atoms with Crippen molar-refractivity contribution in [1.82, 2.24) is 5.32 Å². The number of nitrogens with zero attached hydrogens (tertiary/aromatic N) is 1. The Hall–Kier alpha value is -1.53. The molecule has 0 fully saturated rings. The maximum atomic E-state index is 8.94. The summed E-state index contributed by atoms with van der Waals surface area (Å²) >= 11 is 0. The smallest absolute Gasteiger partial charge is 0.119 e. The minimum absolute atomic E-state index is 0.255. The average molecular weight is 274 g/mol. The standard InChI is InChI=1S/C17H26N2O/c1-5-19-14(2)15-7-9-16(10-8-15)20-12-6-11-17(3,4)13-18/h7-10,14,19H,5-6,11-12H2,1-4H3. The van der Waals surface area contributed by atoms with E-state index < -0.39 is 0 Å². The summed E-state index contributed by atoms with van der Waals surface area (Å²) in [6, 6.07) is 10.9. The van der Waals surface area contributed by atoms with Crippen LogP contribution in [0.1, 0.15) is 52.1 Å². The van der Waals surface area contributed by atoms with Gasteiger partial charge >= 0.3 is 0 Å². The van der Waals surface area contributed by atoms with Crippen molar-refractivity contribution in [3.8, 4) is 11.8 Å². The number of hydrogen-bond donors (Lipinski definition) is 1. The van der Waals surface area contributed by atoms with E-state index in [1.54, 1.807) is 0 Å². The van der Waals surface area contributed by atoms with Gasteiger partial charge in [0.05, 0.1) is 18.1 Å². The zero-order chi connectivity index (χ0) is 15.0. The second kappa shape index (κ2) is 7.91. The van der Waals surface area contributed by atoms with E-state index >= 15 is 0 Å². The Morgan fingerprint density at radius 1 is 1.30 bits per heavy atom. The molecule has 0 aliphatic carbocycles. The van der Waals surface area contributed by atoms with Crippen LogP contribution in [0, 0.1) is 16.7 Å².